The van der Waals surface area contributed by atoms with Crippen LogP contribution in [0.2, 0.25) is 10.2 Å². The zero-order chi connectivity index (χ0) is 23.1. The van der Waals surface area contributed by atoms with Gasteiger partial charge in [-0.3, -0.25) is 4.79 Å². The summed E-state index contributed by atoms with van der Waals surface area (Å²) in [6.07, 6.45) is 1.23. The normalized spacial score (nSPS) is 21.1. The molecule has 0 N–H and O–H groups in total. The number of aromatic nitrogens is 1. The molecule has 0 radical (unpaired) electrons. The van der Waals surface area contributed by atoms with Gasteiger partial charge in [0, 0.05) is 32.9 Å². The van der Waals surface area contributed by atoms with Crippen LogP contribution in [0, 0.1) is 12.3 Å². The van der Waals surface area contributed by atoms with Crippen LogP contribution in [0.4, 0.5) is 5.69 Å². The standard InChI is InChI=1S/C26H21Cl2N3OS/c1-13-4-6-17-14(8-13)9-16(24(28)29-17)23-22-18(11-26(2,3)12-20(22)32)30-25-31(23)19-7-5-15(27)10-21(19)33-25/h4-10,23H,11-12H2,1-3H3. The minimum atomic E-state index is -0.379. The molecule has 1 unspecified atom stereocenters. The molecule has 7 heteroatoms. The number of halogens is 2. The number of carbonyl (C=O) groups is 1. The highest BCUT2D eigenvalue weighted by Gasteiger charge is 2.46. The topological polar surface area (TPSA) is 45.6 Å². The molecule has 6 rings (SSSR count). The van der Waals surface area contributed by atoms with E-state index in [2.05, 4.69) is 37.8 Å². The van der Waals surface area contributed by atoms with Crippen molar-refractivity contribution in [2.45, 2.75) is 44.6 Å². The summed E-state index contributed by atoms with van der Waals surface area (Å²) < 4.78 is 0. The van der Waals surface area contributed by atoms with E-state index in [0.29, 0.717) is 16.6 Å². The van der Waals surface area contributed by atoms with Crippen molar-refractivity contribution in [2.24, 2.45) is 10.4 Å². The van der Waals surface area contributed by atoms with Gasteiger partial charge in [-0.15, -0.1) is 0 Å². The van der Waals surface area contributed by atoms with Gasteiger partial charge in [-0.25, -0.2) is 9.98 Å². The van der Waals surface area contributed by atoms with Crippen LogP contribution in [-0.2, 0) is 4.79 Å². The van der Waals surface area contributed by atoms with Crippen molar-refractivity contribution in [3.05, 3.63) is 75.0 Å². The van der Waals surface area contributed by atoms with Gasteiger partial charge in [0.25, 0.3) is 0 Å². The smallest absolute Gasteiger partial charge is 0.174 e. The fourth-order valence-electron chi connectivity index (χ4n) is 5.08. The molecule has 0 amide bonds. The molecular formula is C26H21Cl2N3OS. The molecule has 0 spiro atoms. The second-order valence-electron chi connectivity index (χ2n) is 9.75. The van der Waals surface area contributed by atoms with E-state index < -0.39 is 0 Å². The van der Waals surface area contributed by atoms with E-state index in [1.54, 1.807) is 11.8 Å². The number of benzene rings is 2. The number of amidine groups is 1. The van der Waals surface area contributed by atoms with E-state index in [9.17, 15) is 4.79 Å². The van der Waals surface area contributed by atoms with Crippen molar-refractivity contribution in [3.63, 3.8) is 0 Å². The lowest BCUT2D eigenvalue weighted by Crippen LogP contribution is -2.40. The van der Waals surface area contributed by atoms with Gasteiger partial charge < -0.3 is 4.90 Å². The molecule has 4 nitrogen and oxygen atoms in total. The fourth-order valence-corrected chi connectivity index (χ4v) is 6.67. The van der Waals surface area contributed by atoms with E-state index >= 15 is 0 Å². The lowest BCUT2D eigenvalue weighted by atomic mass is 9.73. The third-order valence-corrected chi connectivity index (χ3v) is 8.05. The van der Waals surface area contributed by atoms with Crippen LogP contribution in [0.1, 0.15) is 43.9 Å². The minimum absolute atomic E-state index is 0.127. The van der Waals surface area contributed by atoms with Crippen LogP contribution in [0.15, 0.2) is 63.6 Å². The van der Waals surface area contributed by atoms with Gasteiger partial charge in [0.1, 0.15) is 5.15 Å². The summed E-state index contributed by atoms with van der Waals surface area (Å²) in [5.74, 6) is 0.127. The van der Waals surface area contributed by atoms with E-state index in [4.69, 9.17) is 33.2 Å². The summed E-state index contributed by atoms with van der Waals surface area (Å²) in [4.78, 5) is 26.4. The predicted molar refractivity (Wildman–Crippen MR) is 137 cm³/mol. The number of thioether (sulfide) groups is 1. The summed E-state index contributed by atoms with van der Waals surface area (Å²) in [5.41, 5.74) is 5.26. The number of aryl methyl sites for hydroxylation is 1. The van der Waals surface area contributed by atoms with Crippen LogP contribution in [0.5, 0.6) is 0 Å². The Hall–Kier alpha value is -2.34. The molecule has 0 saturated carbocycles. The largest absolute Gasteiger partial charge is 0.308 e. The first kappa shape index (κ1) is 21.2. The van der Waals surface area contributed by atoms with Gasteiger partial charge in [0.2, 0.25) is 0 Å². The number of anilines is 1. The predicted octanol–water partition coefficient (Wildman–Crippen LogP) is 7.52. The van der Waals surface area contributed by atoms with Gasteiger partial charge in [-0.1, -0.05) is 48.7 Å². The molecule has 166 valence electrons. The Bertz CT molecular complexity index is 1440. The first-order valence-corrected chi connectivity index (χ1v) is 12.5. The summed E-state index contributed by atoms with van der Waals surface area (Å²) in [6.45, 7) is 6.31. The average molecular weight is 494 g/mol. The zero-order valence-electron chi connectivity index (χ0n) is 18.4. The maximum Gasteiger partial charge on any atom is 0.174 e. The number of pyridine rings is 1. The third kappa shape index (κ3) is 3.40. The van der Waals surface area contributed by atoms with Crippen LogP contribution in [0.3, 0.4) is 0 Å². The Morgan fingerprint density at radius 2 is 1.91 bits per heavy atom. The quantitative estimate of drug-likeness (QED) is 0.328. The van der Waals surface area contributed by atoms with Crippen molar-refractivity contribution in [1.29, 1.82) is 0 Å². The van der Waals surface area contributed by atoms with Crippen LogP contribution >= 0.6 is 35.0 Å². The molecule has 33 heavy (non-hydrogen) atoms. The molecule has 2 aliphatic heterocycles. The number of ketones is 1. The molecule has 3 aliphatic rings. The highest BCUT2D eigenvalue weighted by molar-refractivity contribution is 8.14. The van der Waals surface area contributed by atoms with E-state index in [-0.39, 0.29) is 17.2 Å². The number of aliphatic imine (C=N–C) groups is 1. The molecule has 1 aromatic heterocycles. The maximum atomic E-state index is 13.6. The van der Waals surface area contributed by atoms with Crippen molar-refractivity contribution in [1.82, 2.24) is 4.98 Å². The lowest BCUT2D eigenvalue weighted by molar-refractivity contribution is -0.118. The van der Waals surface area contributed by atoms with Crippen LogP contribution in [-0.4, -0.2) is 15.9 Å². The number of hydrogen-bond acceptors (Lipinski definition) is 5. The number of fused-ring (bicyclic) bond motifs is 4. The van der Waals surface area contributed by atoms with E-state index in [0.717, 1.165) is 55.5 Å². The Labute approximate surface area is 206 Å². The highest BCUT2D eigenvalue weighted by atomic mass is 35.5. The minimum Gasteiger partial charge on any atom is -0.308 e. The maximum absolute atomic E-state index is 13.6. The van der Waals surface area contributed by atoms with Gasteiger partial charge in [0.15, 0.2) is 11.0 Å². The Kier molecular flexibility index (Phi) is 4.71. The average Bonchev–Trinajstić information content (AvgIpc) is 3.08. The number of hydrogen-bond donors (Lipinski definition) is 0. The van der Waals surface area contributed by atoms with Crippen molar-refractivity contribution in [3.8, 4) is 0 Å². The molecule has 1 aliphatic carbocycles. The lowest BCUT2D eigenvalue weighted by Gasteiger charge is -2.40. The van der Waals surface area contributed by atoms with Gasteiger partial charge in [-0.2, -0.15) is 0 Å². The molecule has 3 aromatic rings. The van der Waals surface area contributed by atoms with Crippen LogP contribution < -0.4 is 4.90 Å². The number of nitrogens with zero attached hydrogens (tertiary/aromatic N) is 3. The first-order chi connectivity index (χ1) is 15.7. The second-order valence-corrected chi connectivity index (χ2v) is 11.6. The summed E-state index contributed by atoms with van der Waals surface area (Å²) >= 11 is 14.7. The number of allylic oxidation sites excluding steroid dienone is 1. The molecule has 0 saturated heterocycles. The first-order valence-electron chi connectivity index (χ1n) is 10.9. The summed E-state index contributed by atoms with van der Waals surface area (Å²) in [5, 5.41) is 2.94. The summed E-state index contributed by atoms with van der Waals surface area (Å²) in [6, 6.07) is 13.6. The van der Waals surface area contributed by atoms with Crippen molar-refractivity contribution < 1.29 is 4.79 Å². The second kappa shape index (κ2) is 7.33. The van der Waals surface area contributed by atoms with Crippen molar-refractivity contribution in [2.75, 3.05) is 4.90 Å². The van der Waals surface area contributed by atoms with Crippen molar-refractivity contribution >= 4 is 62.5 Å². The number of Topliss-reactive ketones (excluding diaryl/α,β-unsaturated/α-hetero) is 1. The third-order valence-electron chi connectivity index (χ3n) is 6.49. The SMILES string of the molecule is Cc1ccc2nc(Cl)c(C3C4=C(CC(C)(C)CC4=O)N=C4Sc5cc(Cl)ccc5N43)cc2c1. The number of carbonyl (C=O) groups excluding carboxylic acids is 1. The number of rotatable bonds is 1. The molecule has 0 bridgehead atoms. The Balaban J connectivity index is 1.62. The highest BCUT2D eigenvalue weighted by Crippen LogP contribution is 2.54. The summed E-state index contributed by atoms with van der Waals surface area (Å²) in [7, 11) is 0. The molecule has 2 aromatic carbocycles. The van der Waals surface area contributed by atoms with Crippen LogP contribution in [0.25, 0.3) is 10.9 Å². The van der Waals surface area contributed by atoms with Gasteiger partial charge in [0.05, 0.1) is 22.9 Å². The molecule has 0 fully saturated rings. The Morgan fingerprint density at radius 3 is 2.73 bits per heavy atom. The van der Waals surface area contributed by atoms with E-state index in [1.165, 1.54) is 0 Å². The van der Waals surface area contributed by atoms with E-state index in [1.807, 2.05) is 30.3 Å². The zero-order valence-corrected chi connectivity index (χ0v) is 20.8. The van der Waals surface area contributed by atoms with Gasteiger partial charge >= 0.3 is 0 Å². The Morgan fingerprint density at radius 1 is 1.09 bits per heavy atom. The van der Waals surface area contributed by atoms with Gasteiger partial charge in [-0.05, 0) is 66.9 Å². The molecule has 1 atom stereocenters. The molecular weight excluding hydrogens is 473 g/mol. The monoisotopic (exact) mass is 493 g/mol. The fraction of sp³-hybridized carbons (Fsp3) is 0.269. The molecule has 3 heterocycles.